The van der Waals surface area contributed by atoms with Gasteiger partial charge in [-0.1, -0.05) is 18.2 Å². The molecule has 0 aliphatic carbocycles. The quantitative estimate of drug-likeness (QED) is 0.616. The van der Waals surface area contributed by atoms with Crippen LogP contribution in [0.5, 0.6) is 0 Å². The molecule has 0 bridgehead atoms. The first kappa shape index (κ1) is 18.4. The zero-order chi connectivity index (χ0) is 19.3. The van der Waals surface area contributed by atoms with Crippen molar-refractivity contribution in [1.82, 2.24) is 20.3 Å². The third-order valence-corrected chi connectivity index (χ3v) is 4.93. The predicted octanol–water partition coefficient (Wildman–Crippen LogP) is 2.18. The van der Waals surface area contributed by atoms with Crippen molar-refractivity contribution in [2.24, 2.45) is 0 Å². The summed E-state index contributed by atoms with van der Waals surface area (Å²) >= 11 is 0. The summed E-state index contributed by atoms with van der Waals surface area (Å²) in [6.07, 6.45) is 0.879. The molecule has 0 spiro atoms. The molecule has 0 saturated carbocycles. The Morgan fingerprint density at radius 3 is 2.68 bits per heavy atom. The average Bonchev–Trinajstić information content (AvgIpc) is 3.19. The van der Waals surface area contributed by atoms with Crippen molar-refractivity contribution in [3.05, 3.63) is 30.3 Å². The molecule has 1 atom stereocenters. The van der Waals surface area contributed by atoms with E-state index in [1.165, 1.54) is 5.69 Å². The molecule has 1 aliphatic heterocycles. The average molecular weight is 383 g/mol. The van der Waals surface area contributed by atoms with Crippen molar-refractivity contribution in [3.63, 3.8) is 0 Å². The van der Waals surface area contributed by atoms with E-state index in [0.717, 1.165) is 38.4 Å². The molecule has 9 heteroatoms. The maximum atomic E-state index is 5.13. The summed E-state index contributed by atoms with van der Waals surface area (Å²) in [5.41, 5.74) is 2.08. The van der Waals surface area contributed by atoms with Gasteiger partial charge in [-0.25, -0.2) is 14.6 Å². The normalized spacial score (nSPS) is 17.3. The third-order valence-electron chi connectivity index (χ3n) is 4.93. The summed E-state index contributed by atoms with van der Waals surface area (Å²) in [6.45, 7) is 6.30. The topological polar surface area (TPSA) is 92.4 Å². The van der Waals surface area contributed by atoms with Gasteiger partial charge in [0, 0.05) is 51.6 Å². The van der Waals surface area contributed by atoms with Crippen LogP contribution in [-0.4, -0.2) is 66.2 Å². The van der Waals surface area contributed by atoms with Gasteiger partial charge in [-0.3, -0.25) is 0 Å². The molecular weight excluding hydrogens is 358 g/mol. The van der Waals surface area contributed by atoms with Crippen LogP contribution in [0.4, 0.5) is 17.3 Å². The molecule has 1 saturated heterocycles. The van der Waals surface area contributed by atoms with Gasteiger partial charge in [-0.05, 0) is 35.8 Å². The van der Waals surface area contributed by atoms with E-state index in [2.05, 4.69) is 66.6 Å². The molecule has 0 radical (unpaired) electrons. The van der Waals surface area contributed by atoms with Crippen molar-refractivity contribution in [1.29, 1.82) is 0 Å². The molecular formula is C19H25N7O2. The molecule has 148 valence electrons. The Morgan fingerprint density at radius 2 is 1.93 bits per heavy atom. The minimum Gasteiger partial charge on any atom is -0.385 e. The smallest absolute Gasteiger partial charge is 0.245 e. The number of anilines is 3. The van der Waals surface area contributed by atoms with Crippen LogP contribution in [0, 0.1) is 0 Å². The van der Waals surface area contributed by atoms with E-state index >= 15 is 0 Å². The highest BCUT2D eigenvalue weighted by molar-refractivity contribution is 5.74. The van der Waals surface area contributed by atoms with Crippen molar-refractivity contribution in [2.45, 2.75) is 19.4 Å². The standard InChI is InChI=1S/C19H25N7O2/c1-14-13-25(15-7-4-3-5-8-15)10-11-26(14)19-18(20-9-6-12-27-2)21-16-17(22-19)24-28-23-16/h3-5,7-8,14H,6,9-13H2,1-2H3,(H,20,21,23). The zero-order valence-electron chi connectivity index (χ0n) is 16.2. The van der Waals surface area contributed by atoms with E-state index in [1.54, 1.807) is 7.11 Å². The fraction of sp³-hybridized carbons (Fsp3) is 0.474. The number of hydrogen-bond donors (Lipinski definition) is 1. The summed E-state index contributed by atoms with van der Waals surface area (Å²) in [5.74, 6) is 1.50. The number of hydrogen-bond acceptors (Lipinski definition) is 9. The maximum Gasteiger partial charge on any atom is 0.245 e. The van der Waals surface area contributed by atoms with Gasteiger partial charge in [0.1, 0.15) is 0 Å². The van der Waals surface area contributed by atoms with Gasteiger partial charge in [0.15, 0.2) is 11.6 Å². The summed E-state index contributed by atoms with van der Waals surface area (Å²) in [6, 6.07) is 10.8. The van der Waals surface area contributed by atoms with Crippen molar-refractivity contribution in [3.8, 4) is 0 Å². The van der Waals surface area contributed by atoms with Gasteiger partial charge in [0.2, 0.25) is 11.3 Å². The van der Waals surface area contributed by atoms with E-state index in [1.807, 2.05) is 6.07 Å². The Labute approximate surface area is 163 Å². The molecule has 1 N–H and O–H groups in total. The Morgan fingerprint density at radius 1 is 1.14 bits per heavy atom. The lowest BCUT2D eigenvalue weighted by Gasteiger charge is -2.41. The highest BCUT2D eigenvalue weighted by atomic mass is 16.6. The molecule has 3 heterocycles. The number of piperazine rings is 1. The number of para-hydroxylation sites is 1. The first-order valence-electron chi connectivity index (χ1n) is 9.56. The van der Waals surface area contributed by atoms with Crippen LogP contribution in [0.15, 0.2) is 35.0 Å². The van der Waals surface area contributed by atoms with Gasteiger partial charge in [-0.2, -0.15) is 0 Å². The highest BCUT2D eigenvalue weighted by Crippen LogP contribution is 2.28. The first-order chi connectivity index (χ1) is 13.8. The number of ether oxygens (including phenoxy) is 1. The Bertz CT molecular complexity index is 902. The predicted molar refractivity (Wildman–Crippen MR) is 108 cm³/mol. The monoisotopic (exact) mass is 383 g/mol. The molecule has 0 amide bonds. The molecule has 1 aliphatic rings. The molecule has 1 aromatic carbocycles. The third kappa shape index (κ3) is 3.84. The minimum absolute atomic E-state index is 0.264. The van der Waals surface area contributed by atoms with Crippen LogP contribution in [0.3, 0.4) is 0 Å². The molecule has 2 aromatic heterocycles. The Hall–Kier alpha value is -2.94. The second-order valence-electron chi connectivity index (χ2n) is 6.90. The van der Waals surface area contributed by atoms with Crippen LogP contribution in [0.25, 0.3) is 11.3 Å². The number of nitrogens with zero attached hydrogens (tertiary/aromatic N) is 6. The maximum absolute atomic E-state index is 5.13. The van der Waals surface area contributed by atoms with Crippen molar-refractivity contribution >= 4 is 28.6 Å². The van der Waals surface area contributed by atoms with E-state index in [9.17, 15) is 0 Å². The molecule has 3 aromatic rings. The van der Waals surface area contributed by atoms with Gasteiger partial charge < -0.3 is 19.9 Å². The molecule has 4 rings (SSSR count). The number of methoxy groups -OCH3 is 1. The van der Waals surface area contributed by atoms with Gasteiger partial charge in [0.25, 0.3) is 0 Å². The van der Waals surface area contributed by atoms with E-state index in [0.29, 0.717) is 23.7 Å². The lowest BCUT2D eigenvalue weighted by molar-refractivity contribution is 0.198. The first-order valence-corrected chi connectivity index (χ1v) is 9.56. The van der Waals surface area contributed by atoms with E-state index < -0.39 is 0 Å². The highest BCUT2D eigenvalue weighted by Gasteiger charge is 2.28. The van der Waals surface area contributed by atoms with Gasteiger partial charge in [-0.15, -0.1) is 0 Å². The van der Waals surface area contributed by atoms with E-state index in [-0.39, 0.29) is 6.04 Å². The Balaban J connectivity index is 1.55. The Kier molecular flexibility index (Phi) is 5.52. The van der Waals surface area contributed by atoms with Crippen LogP contribution < -0.4 is 15.1 Å². The number of benzene rings is 1. The van der Waals surface area contributed by atoms with Gasteiger partial charge >= 0.3 is 0 Å². The summed E-state index contributed by atoms with van der Waals surface area (Å²) in [5, 5.41) is 11.1. The lowest BCUT2D eigenvalue weighted by Crippen LogP contribution is -2.52. The van der Waals surface area contributed by atoms with Crippen LogP contribution in [0.2, 0.25) is 0 Å². The van der Waals surface area contributed by atoms with Crippen molar-refractivity contribution in [2.75, 3.05) is 55.0 Å². The number of fused-ring (bicyclic) bond motifs is 1. The summed E-state index contributed by atoms with van der Waals surface area (Å²) in [4.78, 5) is 13.9. The molecule has 1 fully saturated rings. The number of aromatic nitrogens is 4. The second kappa shape index (κ2) is 8.39. The number of nitrogens with one attached hydrogen (secondary N) is 1. The zero-order valence-corrected chi connectivity index (χ0v) is 16.2. The largest absolute Gasteiger partial charge is 0.385 e. The molecule has 28 heavy (non-hydrogen) atoms. The fourth-order valence-corrected chi connectivity index (χ4v) is 3.52. The molecule has 9 nitrogen and oxygen atoms in total. The lowest BCUT2D eigenvalue weighted by atomic mass is 10.1. The van der Waals surface area contributed by atoms with Crippen molar-refractivity contribution < 1.29 is 9.37 Å². The SMILES string of the molecule is COCCCNc1nc2nonc2nc1N1CCN(c2ccccc2)CC1C. The van der Waals surface area contributed by atoms with Crippen LogP contribution in [-0.2, 0) is 4.74 Å². The fourth-order valence-electron chi connectivity index (χ4n) is 3.52. The minimum atomic E-state index is 0.264. The molecule has 1 unspecified atom stereocenters. The summed E-state index contributed by atoms with van der Waals surface area (Å²) < 4.78 is 9.93. The second-order valence-corrected chi connectivity index (χ2v) is 6.90. The van der Waals surface area contributed by atoms with Crippen LogP contribution >= 0.6 is 0 Å². The van der Waals surface area contributed by atoms with Crippen LogP contribution in [0.1, 0.15) is 13.3 Å². The summed E-state index contributed by atoms with van der Waals surface area (Å²) in [7, 11) is 1.70. The number of rotatable bonds is 7. The van der Waals surface area contributed by atoms with Gasteiger partial charge in [0.05, 0.1) is 0 Å². The van der Waals surface area contributed by atoms with E-state index in [4.69, 9.17) is 9.37 Å².